The minimum Gasteiger partial charge on any atom is -0.493 e. The van der Waals surface area contributed by atoms with Crippen molar-refractivity contribution in [1.82, 2.24) is 24.8 Å². The third-order valence-electron chi connectivity index (χ3n) is 3.24. The summed E-state index contributed by atoms with van der Waals surface area (Å²) in [6.45, 7) is 0. The summed E-state index contributed by atoms with van der Waals surface area (Å²) in [5.41, 5.74) is 8.96. The maximum absolute atomic E-state index is 9.36. The summed E-state index contributed by atoms with van der Waals surface area (Å²) in [4.78, 5) is 3.96. The van der Waals surface area contributed by atoms with Crippen molar-refractivity contribution in [3.05, 3.63) is 41.9 Å². The Kier molecular flexibility index (Phi) is 2.76. The van der Waals surface area contributed by atoms with Gasteiger partial charge in [-0.3, -0.25) is 0 Å². The van der Waals surface area contributed by atoms with E-state index in [0.29, 0.717) is 22.2 Å². The molecule has 8 heteroatoms. The van der Waals surface area contributed by atoms with Crippen LogP contribution in [0.5, 0.6) is 5.88 Å². The maximum atomic E-state index is 9.36. The lowest BCUT2D eigenvalue weighted by molar-refractivity contribution is 0.458. The number of nitrogens with two attached hydrogens (primary N) is 1. The minimum atomic E-state index is -0.0632. The zero-order valence-electron chi connectivity index (χ0n) is 11.2. The average Bonchev–Trinajstić information content (AvgIpc) is 3.15. The van der Waals surface area contributed by atoms with Crippen LogP contribution in [0.15, 0.2) is 41.9 Å². The minimum absolute atomic E-state index is 0.0632. The Labute approximate surface area is 128 Å². The molecule has 0 amide bonds. The summed E-state index contributed by atoms with van der Waals surface area (Å²) in [5.74, 6) is 0.272. The van der Waals surface area contributed by atoms with E-state index in [-0.39, 0.29) is 5.88 Å². The van der Waals surface area contributed by atoms with Gasteiger partial charge in [-0.1, -0.05) is 30.3 Å². The first-order valence-electron chi connectivity index (χ1n) is 6.44. The molecule has 0 aliphatic rings. The molecule has 0 spiro atoms. The normalized spacial score (nSPS) is 11.1. The zero-order chi connectivity index (χ0) is 15.1. The molecule has 0 aliphatic heterocycles. The van der Waals surface area contributed by atoms with Gasteiger partial charge in [-0.25, -0.2) is 0 Å². The number of benzene rings is 1. The van der Waals surface area contributed by atoms with Gasteiger partial charge in [0.25, 0.3) is 0 Å². The second-order valence-electron chi connectivity index (χ2n) is 4.60. The van der Waals surface area contributed by atoms with Crippen molar-refractivity contribution in [2.45, 2.75) is 0 Å². The van der Waals surface area contributed by atoms with Gasteiger partial charge >= 0.3 is 0 Å². The molecule has 3 aromatic heterocycles. The molecule has 3 N–H and O–H groups in total. The quantitative estimate of drug-likeness (QED) is 0.588. The van der Waals surface area contributed by atoms with E-state index in [4.69, 9.17) is 5.73 Å². The number of hydrogen-bond acceptors (Lipinski definition) is 7. The molecule has 0 aliphatic carbocycles. The fourth-order valence-corrected chi connectivity index (χ4v) is 2.88. The highest BCUT2D eigenvalue weighted by molar-refractivity contribution is 7.13. The number of thiazole rings is 1. The standard InChI is InChI=1S/C14H10N6OS/c15-12-11(14-17-10(21)7-22-14)18-19-13-9(6-16-20(12)13)8-4-2-1-3-5-8/h1-7,21H,15H2. The second-order valence-corrected chi connectivity index (χ2v) is 5.46. The van der Waals surface area contributed by atoms with Crippen LogP contribution in [0.3, 0.4) is 0 Å². The second kappa shape index (κ2) is 4.78. The average molecular weight is 310 g/mol. The van der Waals surface area contributed by atoms with Gasteiger partial charge < -0.3 is 10.8 Å². The molecule has 7 nitrogen and oxygen atoms in total. The predicted octanol–water partition coefficient (Wildman–Crippen LogP) is 2.20. The van der Waals surface area contributed by atoms with E-state index in [1.54, 1.807) is 6.20 Å². The first-order valence-corrected chi connectivity index (χ1v) is 7.32. The molecule has 4 aromatic rings. The van der Waals surface area contributed by atoms with E-state index in [0.717, 1.165) is 11.1 Å². The van der Waals surface area contributed by atoms with Crippen LogP contribution < -0.4 is 5.73 Å². The first kappa shape index (κ1) is 12.7. The van der Waals surface area contributed by atoms with Gasteiger partial charge in [0.2, 0.25) is 5.88 Å². The largest absolute Gasteiger partial charge is 0.493 e. The summed E-state index contributed by atoms with van der Waals surface area (Å²) >= 11 is 1.24. The summed E-state index contributed by atoms with van der Waals surface area (Å²) in [6.07, 6.45) is 1.71. The Hall–Kier alpha value is -3.00. The van der Waals surface area contributed by atoms with Crippen molar-refractivity contribution in [3.63, 3.8) is 0 Å². The molecule has 0 unspecified atom stereocenters. The van der Waals surface area contributed by atoms with Crippen LogP contribution in [0, 0.1) is 0 Å². The summed E-state index contributed by atoms with van der Waals surface area (Å²) in [5, 5.41) is 24.0. The number of anilines is 1. The van der Waals surface area contributed by atoms with Gasteiger partial charge in [0.1, 0.15) is 0 Å². The lowest BCUT2D eigenvalue weighted by Crippen LogP contribution is -2.05. The maximum Gasteiger partial charge on any atom is 0.222 e. The molecule has 0 saturated carbocycles. The molecule has 108 valence electrons. The molecule has 22 heavy (non-hydrogen) atoms. The molecule has 0 radical (unpaired) electrons. The van der Waals surface area contributed by atoms with Crippen molar-refractivity contribution in [3.8, 4) is 27.7 Å². The summed E-state index contributed by atoms with van der Waals surface area (Å²) in [6, 6.07) is 9.79. The van der Waals surface area contributed by atoms with Crippen molar-refractivity contribution in [2.24, 2.45) is 0 Å². The van der Waals surface area contributed by atoms with Crippen LogP contribution in [-0.4, -0.2) is 29.9 Å². The van der Waals surface area contributed by atoms with Crippen molar-refractivity contribution >= 4 is 22.8 Å². The molecule has 0 atom stereocenters. The van der Waals surface area contributed by atoms with E-state index in [1.807, 2.05) is 30.3 Å². The van der Waals surface area contributed by atoms with Crippen molar-refractivity contribution in [2.75, 3.05) is 5.73 Å². The van der Waals surface area contributed by atoms with Crippen LogP contribution in [0.4, 0.5) is 5.82 Å². The highest BCUT2D eigenvalue weighted by Gasteiger charge is 2.17. The van der Waals surface area contributed by atoms with Gasteiger partial charge in [-0.05, 0) is 5.56 Å². The number of aromatic hydroxyl groups is 1. The molecule has 1 aromatic carbocycles. The number of aromatic nitrogens is 5. The Bertz CT molecular complexity index is 962. The monoisotopic (exact) mass is 310 g/mol. The topological polar surface area (TPSA) is 102 Å². The molecule has 3 heterocycles. The number of nitrogens with zero attached hydrogens (tertiary/aromatic N) is 5. The van der Waals surface area contributed by atoms with Crippen LogP contribution in [0.25, 0.3) is 27.5 Å². The van der Waals surface area contributed by atoms with Crippen LogP contribution in [0.1, 0.15) is 0 Å². The molecule has 0 fully saturated rings. The third kappa shape index (κ3) is 1.89. The van der Waals surface area contributed by atoms with E-state index in [2.05, 4.69) is 20.3 Å². The van der Waals surface area contributed by atoms with Crippen LogP contribution >= 0.6 is 11.3 Å². The number of rotatable bonds is 2. The smallest absolute Gasteiger partial charge is 0.222 e. The van der Waals surface area contributed by atoms with E-state index in [1.165, 1.54) is 21.2 Å². The zero-order valence-corrected chi connectivity index (χ0v) is 12.0. The Morgan fingerprint density at radius 2 is 1.95 bits per heavy atom. The molecule has 0 saturated heterocycles. The molecule has 0 bridgehead atoms. The Morgan fingerprint density at radius 1 is 1.14 bits per heavy atom. The van der Waals surface area contributed by atoms with Crippen molar-refractivity contribution < 1.29 is 5.11 Å². The lowest BCUT2D eigenvalue weighted by Gasteiger charge is -2.03. The van der Waals surface area contributed by atoms with Crippen molar-refractivity contribution in [1.29, 1.82) is 0 Å². The number of nitrogen functional groups attached to an aromatic ring is 1. The fraction of sp³-hybridized carbons (Fsp3) is 0. The molecule has 4 rings (SSSR count). The Morgan fingerprint density at radius 3 is 2.68 bits per heavy atom. The SMILES string of the molecule is Nc1c(-c2nc(O)cs2)nnc2c(-c3ccccc3)cnn12. The molecular formula is C14H10N6OS. The first-order chi connectivity index (χ1) is 10.7. The highest BCUT2D eigenvalue weighted by atomic mass is 32.1. The summed E-state index contributed by atoms with van der Waals surface area (Å²) < 4.78 is 1.53. The predicted molar refractivity (Wildman–Crippen MR) is 83.4 cm³/mol. The van der Waals surface area contributed by atoms with Gasteiger partial charge in [0, 0.05) is 5.56 Å². The van der Waals surface area contributed by atoms with Crippen LogP contribution in [-0.2, 0) is 0 Å². The highest BCUT2D eigenvalue weighted by Crippen LogP contribution is 2.30. The van der Waals surface area contributed by atoms with Crippen LogP contribution in [0.2, 0.25) is 0 Å². The van der Waals surface area contributed by atoms with Gasteiger partial charge in [-0.15, -0.1) is 21.5 Å². The van der Waals surface area contributed by atoms with E-state index in [9.17, 15) is 5.11 Å². The number of hydrogen-bond donors (Lipinski definition) is 2. The van der Waals surface area contributed by atoms with Gasteiger partial charge in [0.05, 0.1) is 11.6 Å². The van der Waals surface area contributed by atoms with Gasteiger partial charge in [-0.2, -0.15) is 14.6 Å². The lowest BCUT2D eigenvalue weighted by atomic mass is 10.1. The number of fused-ring (bicyclic) bond motifs is 1. The van der Waals surface area contributed by atoms with Gasteiger partial charge in [0.15, 0.2) is 22.2 Å². The fourth-order valence-electron chi connectivity index (χ4n) is 2.21. The third-order valence-corrected chi connectivity index (χ3v) is 4.08. The van der Waals surface area contributed by atoms with E-state index >= 15 is 0 Å². The molecular weight excluding hydrogens is 300 g/mol. The van der Waals surface area contributed by atoms with E-state index < -0.39 is 0 Å². The summed E-state index contributed by atoms with van der Waals surface area (Å²) in [7, 11) is 0. The Balaban J connectivity index is 1.91.